The first-order chi connectivity index (χ1) is 11.9. The monoisotopic (exact) mass is 488 g/mol. The van der Waals surface area contributed by atoms with E-state index in [0.29, 0.717) is 0 Å². The van der Waals surface area contributed by atoms with E-state index in [0.717, 1.165) is 17.7 Å². The van der Waals surface area contributed by atoms with Crippen LogP contribution in [0.3, 0.4) is 0 Å². The van der Waals surface area contributed by atoms with Crippen molar-refractivity contribution in [1.82, 2.24) is 4.72 Å². The van der Waals surface area contributed by atoms with Gasteiger partial charge in [0, 0.05) is 12.2 Å². The summed E-state index contributed by atoms with van der Waals surface area (Å²) in [5.41, 5.74) is 8.91. The minimum absolute atomic E-state index is 0. The number of anilines is 1. The summed E-state index contributed by atoms with van der Waals surface area (Å²) in [6, 6.07) is 14.6. The van der Waals surface area contributed by atoms with Crippen molar-refractivity contribution in [3.63, 3.8) is 0 Å². The molecule has 2 aromatic carbocycles. The molecule has 0 atom stereocenters. The topological polar surface area (TPSA) is 96.6 Å². The first kappa shape index (κ1) is 22.4. The van der Waals surface area contributed by atoms with Gasteiger partial charge < -0.3 is 11.1 Å². The van der Waals surface area contributed by atoms with Gasteiger partial charge >= 0.3 is 0 Å². The molecule has 0 unspecified atom stereocenters. The molecule has 0 aromatic heterocycles. The number of hydrogen-bond donors (Lipinski definition) is 3. The number of nitrogens with zero attached hydrogens (tertiary/aromatic N) is 1. The van der Waals surface area contributed by atoms with Crippen LogP contribution in [0.15, 0.2) is 58.4 Å². The van der Waals surface area contributed by atoms with Crippen LogP contribution in [0.5, 0.6) is 0 Å². The molecular formula is C18H25IN4O2S. The van der Waals surface area contributed by atoms with Crippen molar-refractivity contribution in [2.75, 3.05) is 18.4 Å². The quantitative estimate of drug-likeness (QED) is 0.242. The van der Waals surface area contributed by atoms with Crippen LogP contribution in [-0.2, 0) is 16.4 Å². The molecule has 0 saturated heterocycles. The van der Waals surface area contributed by atoms with E-state index in [4.69, 9.17) is 5.73 Å². The highest BCUT2D eigenvalue weighted by Crippen LogP contribution is 2.11. The number of aliphatic imine (C=N–C) groups is 1. The summed E-state index contributed by atoms with van der Waals surface area (Å²) in [5, 5.41) is 3.00. The first-order valence-electron chi connectivity index (χ1n) is 8.13. The molecule has 0 saturated carbocycles. The number of rotatable bonds is 7. The number of nitrogens with one attached hydrogen (secondary N) is 2. The lowest BCUT2D eigenvalue weighted by molar-refractivity contribution is 0.582. The second-order valence-corrected chi connectivity index (χ2v) is 7.42. The maximum Gasteiger partial charge on any atom is 0.240 e. The normalized spacial score (nSPS) is 11.7. The van der Waals surface area contributed by atoms with Crippen LogP contribution in [0.2, 0.25) is 0 Å². The molecule has 0 radical (unpaired) electrons. The van der Waals surface area contributed by atoms with E-state index in [1.54, 1.807) is 24.3 Å². The fourth-order valence-electron chi connectivity index (χ4n) is 2.21. The molecule has 0 aliphatic heterocycles. The zero-order chi connectivity index (χ0) is 18.3. The van der Waals surface area contributed by atoms with Gasteiger partial charge in [0.1, 0.15) is 0 Å². The summed E-state index contributed by atoms with van der Waals surface area (Å²) in [7, 11) is -3.52. The van der Waals surface area contributed by atoms with Gasteiger partial charge in [-0.05, 0) is 43.2 Å². The third-order valence-corrected chi connectivity index (χ3v) is 5.10. The van der Waals surface area contributed by atoms with Crippen LogP contribution in [0.25, 0.3) is 0 Å². The maximum absolute atomic E-state index is 12.1. The van der Waals surface area contributed by atoms with Gasteiger partial charge in [-0.2, -0.15) is 0 Å². The Morgan fingerprint density at radius 1 is 1.15 bits per heavy atom. The summed E-state index contributed by atoms with van der Waals surface area (Å²) >= 11 is 0. The van der Waals surface area contributed by atoms with Gasteiger partial charge in [0.25, 0.3) is 0 Å². The lowest BCUT2D eigenvalue weighted by Gasteiger charge is -2.08. The molecule has 0 aliphatic rings. The second kappa shape index (κ2) is 10.5. The van der Waals surface area contributed by atoms with E-state index in [1.165, 1.54) is 5.56 Å². The van der Waals surface area contributed by atoms with Crippen LogP contribution in [0, 0.1) is 6.92 Å². The van der Waals surface area contributed by atoms with Crippen molar-refractivity contribution in [2.45, 2.75) is 25.2 Å². The van der Waals surface area contributed by atoms with Crippen molar-refractivity contribution >= 4 is 45.6 Å². The molecule has 142 valence electrons. The lowest BCUT2D eigenvalue weighted by atomic mass is 10.1. The third kappa shape index (κ3) is 6.93. The summed E-state index contributed by atoms with van der Waals surface area (Å²) in [4.78, 5) is 4.38. The molecule has 2 aromatic rings. The van der Waals surface area contributed by atoms with Crippen molar-refractivity contribution in [2.24, 2.45) is 10.7 Å². The average molecular weight is 488 g/mol. The predicted octanol–water partition coefficient (Wildman–Crippen LogP) is 2.88. The van der Waals surface area contributed by atoms with E-state index < -0.39 is 10.0 Å². The Labute approximate surface area is 172 Å². The molecule has 2 rings (SSSR count). The fraction of sp³-hybridized carbons (Fsp3) is 0.278. The van der Waals surface area contributed by atoms with Crippen molar-refractivity contribution in [1.29, 1.82) is 0 Å². The van der Waals surface area contributed by atoms with E-state index in [2.05, 4.69) is 22.0 Å². The van der Waals surface area contributed by atoms with Crippen molar-refractivity contribution in [3.8, 4) is 0 Å². The first-order valence-corrected chi connectivity index (χ1v) is 9.61. The molecule has 0 heterocycles. The van der Waals surface area contributed by atoms with E-state index in [1.807, 2.05) is 31.2 Å². The SMILES string of the molecule is CCc1cccc(NC(N)=NCCNS(=O)(=O)c2ccc(C)cc2)c1.I. The zero-order valence-corrected chi connectivity index (χ0v) is 18.0. The molecule has 0 amide bonds. The summed E-state index contributed by atoms with van der Waals surface area (Å²) in [5.74, 6) is 0.253. The molecule has 0 spiro atoms. The number of benzene rings is 2. The molecule has 8 heteroatoms. The number of sulfonamides is 1. The third-order valence-electron chi connectivity index (χ3n) is 3.62. The van der Waals surface area contributed by atoms with E-state index in [9.17, 15) is 8.42 Å². The molecule has 0 bridgehead atoms. The maximum atomic E-state index is 12.1. The highest BCUT2D eigenvalue weighted by atomic mass is 127. The number of hydrogen-bond acceptors (Lipinski definition) is 3. The van der Waals surface area contributed by atoms with Gasteiger partial charge in [0.05, 0.1) is 11.4 Å². The number of halogens is 1. The van der Waals surface area contributed by atoms with Gasteiger partial charge in [-0.1, -0.05) is 36.8 Å². The number of aryl methyl sites for hydroxylation is 2. The smallest absolute Gasteiger partial charge is 0.240 e. The number of guanidine groups is 1. The number of nitrogens with two attached hydrogens (primary N) is 1. The Morgan fingerprint density at radius 2 is 1.85 bits per heavy atom. The second-order valence-electron chi connectivity index (χ2n) is 5.66. The fourth-order valence-corrected chi connectivity index (χ4v) is 3.23. The van der Waals surface area contributed by atoms with Gasteiger partial charge in [-0.3, -0.25) is 4.99 Å². The molecule has 4 N–H and O–H groups in total. The average Bonchev–Trinajstić information content (AvgIpc) is 2.59. The highest BCUT2D eigenvalue weighted by molar-refractivity contribution is 14.0. The van der Waals surface area contributed by atoms with Crippen LogP contribution in [-0.4, -0.2) is 27.5 Å². The van der Waals surface area contributed by atoms with Gasteiger partial charge in [-0.25, -0.2) is 13.1 Å². The van der Waals surface area contributed by atoms with Gasteiger partial charge in [0.15, 0.2) is 5.96 Å². The minimum atomic E-state index is -3.52. The van der Waals surface area contributed by atoms with E-state index >= 15 is 0 Å². The molecule has 0 aliphatic carbocycles. The van der Waals surface area contributed by atoms with Crippen LogP contribution in [0.4, 0.5) is 5.69 Å². The molecule has 0 fully saturated rings. The molecule has 26 heavy (non-hydrogen) atoms. The Bertz CT molecular complexity index is 837. The van der Waals surface area contributed by atoms with Crippen LogP contribution in [0.1, 0.15) is 18.1 Å². The van der Waals surface area contributed by atoms with Gasteiger partial charge in [-0.15, -0.1) is 24.0 Å². The van der Waals surface area contributed by atoms with Crippen LogP contribution < -0.4 is 15.8 Å². The minimum Gasteiger partial charge on any atom is -0.370 e. The van der Waals surface area contributed by atoms with Gasteiger partial charge in [0.2, 0.25) is 10.0 Å². The highest BCUT2D eigenvalue weighted by Gasteiger charge is 2.12. The Hall–Kier alpha value is -1.65. The molecular weight excluding hydrogens is 463 g/mol. The summed E-state index contributed by atoms with van der Waals surface area (Å²) in [6.45, 7) is 4.41. The van der Waals surface area contributed by atoms with Crippen molar-refractivity contribution < 1.29 is 8.42 Å². The van der Waals surface area contributed by atoms with Crippen LogP contribution >= 0.6 is 24.0 Å². The van der Waals surface area contributed by atoms with Crippen molar-refractivity contribution in [3.05, 3.63) is 59.7 Å². The zero-order valence-electron chi connectivity index (χ0n) is 14.9. The standard InChI is InChI=1S/C18H24N4O2S.HI/c1-3-15-5-4-6-16(13-15)22-18(19)20-11-12-21-25(23,24)17-9-7-14(2)8-10-17;/h4-10,13,21H,3,11-12H2,1-2H3,(H3,19,20,22);1H. The summed E-state index contributed by atoms with van der Waals surface area (Å²) < 4.78 is 26.8. The Balaban J connectivity index is 0.00000338. The Kier molecular flexibility index (Phi) is 9.03. The molecule has 6 nitrogen and oxygen atoms in total. The predicted molar refractivity (Wildman–Crippen MR) is 118 cm³/mol. The lowest BCUT2D eigenvalue weighted by Crippen LogP contribution is -2.28. The summed E-state index contributed by atoms with van der Waals surface area (Å²) in [6.07, 6.45) is 0.938. The van der Waals surface area contributed by atoms with E-state index in [-0.39, 0.29) is 47.9 Å². The Morgan fingerprint density at radius 3 is 2.50 bits per heavy atom. The largest absolute Gasteiger partial charge is 0.370 e.